The summed E-state index contributed by atoms with van der Waals surface area (Å²) in [5.41, 5.74) is 4.65. The molecular weight excluding hydrogens is 192 g/mol. The molecule has 0 radical (unpaired) electrons. The van der Waals surface area contributed by atoms with E-state index in [2.05, 4.69) is 49.6 Å². The largest absolute Gasteiger partial charge is 0.0955 e. The van der Waals surface area contributed by atoms with E-state index in [1.807, 2.05) is 13.8 Å². The summed E-state index contributed by atoms with van der Waals surface area (Å²) in [5, 5.41) is 2.52. The Morgan fingerprint density at radius 2 is 1.12 bits per heavy atom. The van der Waals surface area contributed by atoms with Crippen LogP contribution < -0.4 is 0 Å². The molecule has 0 nitrogen and oxygen atoms in total. The van der Waals surface area contributed by atoms with Gasteiger partial charge in [0, 0.05) is 0 Å². The van der Waals surface area contributed by atoms with Crippen molar-refractivity contribution in [2.45, 2.75) is 13.8 Å². The van der Waals surface area contributed by atoms with Crippen LogP contribution in [0, 0.1) is 0 Å². The predicted octanol–water partition coefficient (Wildman–Crippen LogP) is 4.91. The third kappa shape index (κ3) is 1.67. The highest BCUT2D eigenvalue weighted by Gasteiger charge is 2.05. The lowest BCUT2D eigenvalue weighted by Crippen LogP contribution is -1.87. The SMILES string of the molecule is C=C(C)c1ccc(C(=C)C)c2ccccc12. The number of allylic oxidation sites excluding steroid dienone is 2. The van der Waals surface area contributed by atoms with Crippen molar-refractivity contribution < 1.29 is 0 Å². The summed E-state index contributed by atoms with van der Waals surface area (Å²) in [7, 11) is 0. The fourth-order valence-electron chi connectivity index (χ4n) is 2.04. The zero-order valence-electron chi connectivity index (χ0n) is 9.88. The smallest absolute Gasteiger partial charge is 0.0103 e. The first kappa shape index (κ1) is 10.7. The van der Waals surface area contributed by atoms with Gasteiger partial charge in [-0.15, -0.1) is 0 Å². The fraction of sp³-hybridized carbons (Fsp3) is 0.125. The molecule has 16 heavy (non-hydrogen) atoms. The molecular formula is C16H16. The van der Waals surface area contributed by atoms with Gasteiger partial charge in [0.2, 0.25) is 0 Å². The molecule has 0 fully saturated rings. The maximum absolute atomic E-state index is 4.03. The van der Waals surface area contributed by atoms with Crippen molar-refractivity contribution in [3.63, 3.8) is 0 Å². The van der Waals surface area contributed by atoms with E-state index in [0.717, 1.165) is 11.1 Å². The summed E-state index contributed by atoms with van der Waals surface area (Å²) >= 11 is 0. The van der Waals surface area contributed by atoms with E-state index in [9.17, 15) is 0 Å². The molecule has 0 aliphatic heterocycles. The van der Waals surface area contributed by atoms with Crippen LogP contribution >= 0.6 is 0 Å². The summed E-state index contributed by atoms with van der Waals surface area (Å²) in [6.07, 6.45) is 0. The third-order valence-corrected chi connectivity index (χ3v) is 2.84. The van der Waals surface area contributed by atoms with Gasteiger partial charge in [-0.05, 0) is 35.7 Å². The number of benzene rings is 2. The number of hydrogen-bond acceptors (Lipinski definition) is 0. The van der Waals surface area contributed by atoms with Gasteiger partial charge in [0.25, 0.3) is 0 Å². The van der Waals surface area contributed by atoms with Crippen molar-refractivity contribution in [2.24, 2.45) is 0 Å². The fourth-order valence-corrected chi connectivity index (χ4v) is 2.04. The lowest BCUT2D eigenvalue weighted by atomic mass is 9.94. The molecule has 0 heterocycles. The van der Waals surface area contributed by atoms with Crippen LogP contribution in [0.4, 0.5) is 0 Å². The number of hydrogen-bond donors (Lipinski definition) is 0. The summed E-state index contributed by atoms with van der Waals surface area (Å²) in [6.45, 7) is 12.1. The van der Waals surface area contributed by atoms with Gasteiger partial charge in [-0.25, -0.2) is 0 Å². The molecule has 0 heteroatoms. The van der Waals surface area contributed by atoms with Crippen molar-refractivity contribution in [1.29, 1.82) is 0 Å². The first-order valence-electron chi connectivity index (χ1n) is 5.45. The summed E-state index contributed by atoms with van der Waals surface area (Å²) in [5.74, 6) is 0. The molecule has 2 rings (SSSR count). The van der Waals surface area contributed by atoms with Crippen LogP contribution in [0.1, 0.15) is 25.0 Å². The summed E-state index contributed by atoms with van der Waals surface area (Å²) in [4.78, 5) is 0. The number of fused-ring (bicyclic) bond motifs is 1. The highest BCUT2D eigenvalue weighted by molar-refractivity contribution is 5.99. The lowest BCUT2D eigenvalue weighted by molar-refractivity contribution is 1.58. The lowest BCUT2D eigenvalue weighted by Gasteiger charge is -2.10. The molecule has 0 atom stereocenters. The third-order valence-electron chi connectivity index (χ3n) is 2.84. The zero-order chi connectivity index (χ0) is 11.7. The highest BCUT2D eigenvalue weighted by atomic mass is 14.1. The Labute approximate surface area is 96.9 Å². The molecule has 0 saturated heterocycles. The van der Waals surface area contributed by atoms with Gasteiger partial charge in [0.1, 0.15) is 0 Å². The minimum atomic E-state index is 1.10. The van der Waals surface area contributed by atoms with Crippen molar-refractivity contribution in [1.82, 2.24) is 0 Å². The zero-order valence-corrected chi connectivity index (χ0v) is 9.88. The molecule has 0 unspecified atom stereocenters. The van der Waals surface area contributed by atoms with E-state index in [1.165, 1.54) is 21.9 Å². The van der Waals surface area contributed by atoms with Crippen LogP contribution in [0.3, 0.4) is 0 Å². The Bertz CT molecular complexity index is 521. The first-order valence-corrected chi connectivity index (χ1v) is 5.45. The Hall–Kier alpha value is -1.82. The summed E-state index contributed by atoms with van der Waals surface area (Å²) < 4.78 is 0. The van der Waals surface area contributed by atoms with Gasteiger partial charge in [-0.1, -0.05) is 60.7 Å². The van der Waals surface area contributed by atoms with Crippen molar-refractivity contribution in [3.05, 3.63) is 60.7 Å². The molecule has 2 aromatic carbocycles. The molecule has 0 aliphatic carbocycles. The average Bonchev–Trinajstić information content (AvgIpc) is 2.27. The first-order chi connectivity index (χ1) is 7.61. The monoisotopic (exact) mass is 208 g/mol. The van der Waals surface area contributed by atoms with Crippen LogP contribution in [-0.4, -0.2) is 0 Å². The van der Waals surface area contributed by atoms with Crippen LogP contribution in [0.15, 0.2) is 49.6 Å². The Balaban J connectivity index is 2.87. The molecule has 0 bridgehead atoms. The van der Waals surface area contributed by atoms with E-state index in [4.69, 9.17) is 0 Å². The van der Waals surface area contributed by atoms with Gasteiger partial charge in [-0.3, -0.25) is 0 Å². The van der Waals surface area contributed by atoms with Gasteiger partial charge >= 0.3 is 0 Å². The second-order valence-corrected chi connectivity index (χ2v) is 4.27. The van der Waals surface area contributed by atoms with Crippen LogP contribution in [-0.2, 0) is 0 Å². The van der Waals surface area contributed by atoms with Crippen LogP contribution in [0.25, 0.3) is 21.9 Å². The van der Waals surface area contributed by atoms with Crippen molar-refractivity contribution in [3.8, 4) is 0 Å². The van der Waals surface area contributed by atoms with E-state index in [0.29, 0.717) is 0 Å². The normalized spacial score (nSPS) is 10.4. The maximum Gasteiger partial charge on any atom is -0.0103 e. The second-order valence-electron chi connectivity index (χ2n) is 4.27. The second kappa shape index (κ2) is 3.97. The van der Waals surface area contributed by atoms with E-state index >= 15 is 0 Å². The Morgan fingerprint density at radius 3 is 1.44 bits per heavy atom. The molecule has 0 amide bonds. The predicted molar refractivity (Wildman–Crippen MR) is 73.4 cm³/mol. The summed E-state index contributed by atoms with van der Waals surface area (Å²) in [6, 6.07) is 12.7. The van der Waals surface area contributed by atoms with Crippen LogP contribution in [0.5, 0.6) is 0 Å². The minimum absolute atomic E-state index is 1.10. The molecule has 0 saturated carbocycles. The van der Waals surface area contributed by atoms with Gasteiger partial charge < -0.3 is 0 Å². The highest BCUT2D eigenvalue weighted by Crippen LogP contribution is 2.29. The molecule has 0 aliphatic rings. The van der Waals surface area contributed by atoms with Crippen molar-refractivity contribution >= 4 is 21.9 Å². The van der Waals surface area contributed by atoms with Gasteiger partial charge in [0.15, 0.2) is 0 Å². The van der Waals surface area contributed by atoms with Crippen LogP contribution in [0.2, 0.25) is 0 Å². The molecule has 0 aromatic heterocycles. The van der Waals surface area contributed by atoms with E-state index < -0.39 is 0 Å². The van der Waals surface area contributed by atoms with Gasteiger partial charge in [-0.2, -0.15) is 0 Å². The quantitative estimate of drug-likeness (QED) is 0.658. The van der Waals surface area contributed by atoms with E-state index in [-0.39, 0.29) is 0 Å². The standard InChI is InChI=1S/C16H16/c1-11(2)13-9-10-14(12(3)4)16-8-6-5-7-15(13)16/h5-10H,1,3H2,2,4H3. The topological polar surface area (TPSA) is 0 Å². The molecule has 0 spiro atoms. The molecule has 2 aromatic rings. The molecule has 0 N–H and O–H groups in total. The number of rotatable bonds is 2. The average molecular weight is 208 g/mol. The maximum atomic E-state index is 4.03. The minimum Gasteiger partial charge on any atom is -0.0955 e. The van der Waals surface area contributed by atoms with Gasteiger partial charge in [0.05, 0.1) is 0 Å². The van der Waals surface area contributed by atoms with Crippen molar-refractivity contribution in [2.75, 3.05) is 0 Å². The molecule has 80 valence electrons. The van der Waals surface area contributed by atoms with E-state index in [1.54, 1.807) is 0 Å². The Morgan fingerprint density at radius 1 is 0.750 bits per heavy atom. The Kier molecular flexibility index (Phi) is 2.66.